The van der Waals surface area contributed by atoms with E-state index in [2.05, 4.69) is 6.92 Å². The number of hydrogen-bond donors (Lipinski definition) is 2. The number of unbranched alkanes of at least 4 members (excludes halogenated alkanes) is 1. The van der Waals surface area contributed by atoms with Gasteiger partial charge in [-0.15, -0.1) is 11.8 Å². The zero-order valence-corrected chi connectivity index (χ0v) is 10.0. The lowest BCUT2D eigenvalue weighted by Crippen LogP contribution is -2.24. The number of aliphatic hydroxyl groups is 1. The summed E-state index contributed by atoms with van der Waals surface area (Å²) in [7, 11) is 0. The van der Waals surface area contributed by atoms with Crippen molar-refractivity contribution in [2.75, 3.05) is 0 Å². The van der Waals surface area contributed by atoms with Gasteiger partial charge in [0, 0.05) is 5.25 Å². The summed E-state index contributed by atoms with van der Waals surface area (Å²) in [4.78, 5) is 11.0. The Morgan fingerprint density at radius 3 is 2.73 bits per heavy atom. The molecule has 0 bridgehead atoms. The van der Waals surface area contributed by atoms with Gasteiger partial charge in [-0.25, -0.2) is 0 Å². The number of hydrogen-bond acceptors (Lipinski definition) is 3. The lowest BCUT2D eigenvalue weighted by Gasteiger charge is -2.19. The average Bonchev–Trinajstić information content (AvgIpc) is 2.58. The van der Waals surface area contributed by atoms with Gasteiger partial charge in [-0.05, 0) is 25.7 Å². The van der Waals surface area contributed by atoms with Crippen molar-refractivity contribution in [3.05, 3.63) is 0 Å². The molecule has 1 saturated carbocycles. The van der Waals surface area contributed by atoms with Gasteiger partial charge >= 0.3 is 5.97 Å². The quantitative estimate of drug-likeness (QED) is 0.737. The second kappa shape index (κ2) is 6.38. The standard InChI is InChI=1S/C11H20O3S/c1-2-3-6-10(11(13)14)15-9-7-4-5-8(9)12/h8-10,12H,2-7H2,1H3,(H,13,14). The van der Waals surface area contributed by atoms with Crippen LogP contribution in [0.25, 0.3) is 0 Å². The van der Waals surface area contributed by atoms with Gasteiger partial charge in [0.2, 0.25) is 0 Å². The molecule has 1 aliphatic carbocycles. The molecule has 4 heteroatoms. The first-order valence-corrected chi connectivity index (χ1v) is 6.65. The topological polar surface area (TPSA) is 57.5 Å². The summed E-state index contributed by atoms with van der Waals surface area (Å²) in [6, 6.07) is 0. The highest BCUT2D eigenvalue weighted by Crippen LogP contribution is 2.34. The highest BCUT2D eigenvalue weighted by atomic mass is 32.2. The third kappa shape index (κ3) is 4.03. The van der Waals surface area contributed by atoms with Gasteiger partial charge < -0.3 is 10.2 Å². The van der Waals surface area contributed by atoms with Crippen molar-refractivity contribution >= 4 is 17.7 Å². The Hall–Kier alpha value is -0.220. The second-order valence-corrected chi connectivity index (χ2v) is 5.59. The molecule has 0 saturated heterocycles. The first-order chi connectivity index (χ1) is 7.15. The molecule has 3 atom stereocenters. The fourth-order valence-corrected chi connectivity index (χ4v) is 3.38. The van der Waals surface area contributed by atoms with Gasteiger partial charge in [0.15, 0.2) is 0 Å². The van der Waals surface area contributed by atoms with Crippen LogP contribution in [0, 0.1) is 0 Å². The van der Waals surface area contributed by atoms with Crippen molar-refractivity contribution in [3.63, 3.8) is 0 Å². The Bertz CT molecular complexity index is 208. The summed E-state index contributed by atoms with van der Waals surface area (Å²) in [6.45, 7) is 2.06. The maximum absolute atomic E-state index is 11.0. The Kier molecular flexibility index (Phi) is 5.47. The van der Waals surface area contributed by atoms with Crippen LogP contribution in [-0.2, 0) is 4.79 Å². The van der Waals surface area contributed by atoms with E-state index in [1.807, 2.05) is 0 Å². The molecule has 0 amide bonds. The van der Waals surface area contributed by atoms with Crippen LogP contribution in [0.4, 0.5) is 0 Å². The van der Waals surface area contributed by atoms with Crippen LogP contribution < -0.4 is 0 Å². The van der Waals surface area contributed by atoms with Crippen molar-refractivity contribution in [2.24, 2.45) is 0 Å². The minimum absolute atomic E-state index is 0.142. The summed E-state index contributed by atoms with van der Waals surface area (Å²) in [6.07, 6.45) is 5.22. The van der Waals surface area contributed by atoms with E-state index in [1.54, 1.807) is 0 Å². The predicted octanol–water partition coefficient (Wildman–Crippen LogP) is 2.28. The Morgan fingerprint density at radius 2 is 2.27 bits per heavy atom. The molecule has 0 aromatic heterocycles. The van der Waals surface area contributed by atoms with E-state index >= 15 is 0 Å². The zero-order valence-electron chi connectivity index (χ0n) is 9.19. The molecule has 0 heterocycles. The van der Waals surface area contributed by atoms with Crippen LogP contribution in [-0.4, -0.2) is 32.8 Å². The minimum atomic E-state index is -0.729. The molecule has 1 aliphatic rings. The lowest BCUT2D eigenvalue weighted by atomic mass is 10.2. The molecular formula is C11H20O3S. The predicted molar refractivity (Wildman–Crippen MR) is 62.2 cm³/mol. The molecule has 3 unspecified atom stereocenters. The summed E-state index contributed by atoms with van der Waals surface area (Å²) in [5.41, 5.74) is 0. The molecule has 1 fully saturated rings. The van der Waals surface area contributed by atoms with Crippen molar-refractivity contribution in [1.29, 1.82) is 0 Å². The zero-order chi connectivity index (χ0) is 11.3. The molecule has 3 nitrogen and oxygen atoms in total. The molecule has 15 heavy (non-hydrogen) atoms. The molecule has 0 aromatic carbocycles. The van der Waals surface area contributed by atoms with E-state index in [0.29, 0.717) is 0 Å². The summed E-state index contributed by atoms with van der Waals surface area (Å²) < 4.78 is 0. The van der Waals surface area contributed by atoms with E-state index in [1.165, 1.54) is 11.8 Å². The molecule has 0 radical (unpaired) electrons. The SMILES string of the molecule is CCCCC(SC1CCCC1O)C(=O)O. The van der Waals surface area contributed by atoms with E-state index in [4.69, 9.17) is 5.11 Å². The second-order valence-electron chi connectivity index (χ2n) is 4.14. The molecule has 1 rings (SSSR count). The number of aliphatic carboxylic acids is 1. The van der Waals surface area contributed by atoms with Crippen LogP contribution in [0.1, 0.15) is 45.4 Å². The van der Waals surface area contributed by atoms with E-state index in [9.17, 15) is 9.90 Å². The largest absolute Gasteiger partial charge is 0.480 e. The number of carboxylic acids is 1. The van der Waals surface area contributed by atoms with Gasteiger partial charge in [0.25, 0.3) is 0 Å². The normalized spacial score (nSPS) is 27.9. The summed E-state index contributed by atoms with van der Waals surface area (Å²) in [5.74, 6) is -0.729. The molecule has 0 aliphatic heterocycles. The molecule has 0 aromatic rings. The van der Waals surface area contributed by atoms with E-state index in [0.717, 1.165) is 38.5 Å². The van der Waals surface area contributed by atoms with Crippen molar-refractivity contribution in [1.82, 2.24) is 0 Å². The molecule has 88 valence electrons. The Balaban J connectivity index is 2.39. The van der Waals surface area contributed by atoms with E-state index in [-0.39, 0.29) is 16.6 Å². The molecule has 2 N–H and O–H groups in total. The Labute approximate surface area is 95.3 Å². The van der Waals surface area contributed by atoms with Crippen molar-refractivity contribution in [2.45, 2.75) is 62.1 Å². The fourth-order valence-electron chi connectivity index (χ4n) is 1.92. The third-order valence-electron chi connectivity index (χ3n) is 2.85. The van der Waals surface area contributed by atoms with Crippen LogP contribution in [0.5, 0.6) is 0 Å². The minimum Gasteiger partial charge on any atom is -0.480 e. The highest BCUT2D eigenvalue weighted by Gasteiger charge is 2.30. The van der Waals surface area contributed by atoms with Gasteiger partial charge in [0.05, 0.1) is 6.10 Å². The third-order valence-corrected chi connectivity index (χ3v) is 4.52. The first-order valence-electron chi connectivity index (χ1n) is 5.71. The summed E-state index contributed by atoms with van der Waals surface area (Å²) in [5, 5.41) is 18.5. The van der Waals surface area contributed by atoms with Gasteiger partial charge in [-0.3, -0.25) is 4.79 Å². The van der Waals surface area contributed by atoms with Crippen LogP contribution >= 0.6 is 11.8 Å². The summed E-state index contributed by atoms with van der Waals surface area (Å²) >= 11 is 1.46. The first kappa shape index (κ1) is 12.8. The lowest BCUT2D eigenvalue weighted by molar-refractivity contribution is -0.136. The monoisotopic (exact) mass is 232 g/mol. The van der Waals surface area contributed by atoms with Crippen molar-refractivity contribution in [3.8, 4) is 0 Å². The maximum atomic E-state index is 11.0. The number of thioether (sulfide) groups is 1. The number of rotatable bonds is 6. The number of carboxylic acid groups (broad SMARTS) is 1. The van der Waals surface area contributed by atoms with Gasteiger partial charge in [-0.1, -0.05) is 19.8 Å². The number of carbonyl (C=O) groups is 1. The number of aliphatic hydroxyl groups excluding tert-OH is 1. The van der Waals surface area contributed by atoms with Crippen LogP contribution in [0.3, 0.4) is 0 Å². The van der Waals surface area contributed by atoms with Crippen molar-refractivity contribution < 1.29 is 15.0 Å². The van der Waals surface area contributed by atoms with Crippen LogP contribution in [0.15, 0.2) is 0 Å². The molecular weight excluding hydrogens is 212 g/mol. The average molecular weight is 232 g/mol. The highest BCUT2D eigenvalue weighted by molar-refractivity contribution is 8.01. The molecule has 0 spiro atoms. The maximum Gasteiger partial charge on any atom is 0.316 e. The fraction of sp³-hybridized carbons (Fsp3) is 0.909. The van der Waals surface area contributed by atoms with Gasteiger partial charge in [0.1, 0.15) is 5.25 Å². The van der Waals surface area contributed by atoms with Crippen LogP contribution in [0.2, 0.25) is 0 Å². The van der Waals surface area contributed by atoms with Gasteiger partial charge in [-0.2, -0.15) is 0 Å². The smallest absolute Gasteiger partial charge is 0.316 e. The van der Waals surface area contributed by atoms with E-state index < -0.39 is 5.97 Å². The Morgan fingerprint density at radius 1 is 1.53 bits per heavy atom.